The molecule has 0 N–H and O–H groups in total. The van der Waals surface area contributed by atoms with Crippen LogP contribution in [0.5, 0.6) is 5.75 Å². The first-order valence-corrected chi connectivity index (χ1v) is 5.80. The summed E-state index contributed by atoms with van der Waals surface area (Å²) in [6, 6.07) is 5.51. The monoisotopic (exact) mass is 245 g/mol. The molecule has 94 valence electrons. The maximum Gasteiger partial charge on any atom is 0.164 e. The van der Waals surface area contributed by atoms with Crippen molar-refractivity contribution in [1.29, 1.82) is 0 Å². The first-order chi connectivity index (χ1) is 8.74. The van der Waals surface area contributed by atoms with E-state index >= 15 is 0 Å². The summed E-state index contributed by atoms with van der Waals surface area (Å²) in [7, 11) is 0. The van der Waals surface area contributed by atoms with Crippen molar-refractivity contribution in [2.75, 3.05) is 0 Å². The summed E-state index contributed by atoms with van der Waals surface area (Å²) in [4.78, 5) is 15.1. The van der Waals surface area contributed by atoms with Crippen molar-refractivity contribution in [2.45, 2.75) is 27.0 Å². The van der Waals surface area contributed by atoms with Gasteiger partial charge in [-0.05, 0) is 26.0 Å². The lowest BCUT2D eigenvalue weighted by molar-refractivity contribution is 0.111. The van der Waals surface area contributed by atoms with Crippen LogP contribution >= 0.6 is 0 Å². The number of hydrogen-bond donors (Lipinski definition) is 0. The Balaban J connectivity index is 2.13. The maximum atomic E-state index is 11.0. The third kappa shape index (κ3) is 2.56. The molecule has 0 atom stereocenters. The molecule has 1 heterocycles. The molecule has 1 aromatic carbocycles. The average molecular weight is 245 g/mol. The van der Waals surface area contributed by atoms with Gasteiger partial charge in [-0.3, -0.25) is 4.79 Å². The van der Waals surface area contributed by atoms with Gasteiger partial charge in [0.1, 0.15) is 18.7 Å². The van der Waals surface area contributed by atoms with Gasteiger partial charge in [0.05, 0.1) is 5.56 Å². The van der Waals surface area contributed by atoms with E-state index in [0.717, 1.165) is 24.2 Å². The second-order valence-corrected chi connectivity index (χ2v) is 3.94. The molecule has 5 nitrogen and oxygen atoms in total. The number of carbonyl (C=O) groups excluding carboxylic acids is 1. The fraction of sp³-hybridized carbons (Fsp3) is 0.308. The summed E-state index contributed by atoms with van der Waals surface area (Å²) in [6.07, 6.45) is 2.30. The summed E-state index contributed by atoms with van der Waals surface area (Å²) in [5.74, 6) is 1.32. The number of aldehydes is 1. The quantitative estimate of drug-likeness (QED) is 0.756. The van der Waals surface area contributed by atoms with Crippen molar-refractivity contribution >= 4 is 6.29 Å². The highest BCUT2D eigenvalue weighted by atomic mass is 16.5. The van der Waals surface area contributed by atoms with Crippen LogP contribution in [0, 0.1) is 6.92 Å². The number of hydrogen-bond acceptors (Lipinski definition) is 4. The highest BCUT2D eigenvalue weighted by molar-refractivity contribution is 5.79. The fourth-order valence-electron chi connectivity index (χ4n) is 1.70. The van der Waals surface area contributed by atoms with Crippen LogP contribution < -0.4 is 4.74 Å². The van der Waals surface area contributed by atoms with E-state index in [1.165, 1.54) is 6.33 Å². The number of benzene rings is 1. The minimum Gasteiger partial charge on any atom is -0.485 e. The van der Waals surface area contributed by atoms with E-state index in [2.05, 4.69) is 10.1 Å². The van der Waals surface area contributed by atoms with E-state index in [0.29, 0.717) is 17.9 Å². The molecule has 0 aliphatic rings. The number of aryl methyl sites for hydroxylation is 2. The molecule has 0 radical (unpaired) electrons. The lowest BCUT2D eigenvalue weighted by Crippen LogP contribution is -2.08. The Bertz CT molecular complexity index is 549. The SMILES string of the molecule is CCn1ncnc1COc1ccc(C)cc1C=O. The van der Waals surface area contributed by atoms with Gasteiger partial charge in [0.15, 0.2) is 12.1 Å². The van der Waals surface area contributed by atoms with Crippen LogP contribution in [0.1, 0.15) is 28.7 Å². The minimum atomic E-state index is 0.303. The molecule has 0 saturated carbocycles. The molecule has 0 aliphatic carbocycles. The predicted molar refractivity (Wildman–Crippen MR) is 66.6 cm³/mol. The minimum absolute atomic E-state index is 0.303. The largest absolute Gasteiger partial charge is 0.485 e. The Morgan fingerprint density at radius 3 is 3.00 bits per heavy atom. The van der Waals surface area contributed by atoms with Crippen molar-refractivity contribution in [3.63, 3.8) is 0 Å². The molecule has 18 heavy (non-hydrogen) atoms. The number of ether oxygens (including phenoxy) is 1. The van der Waals surface area contributed by atoms with E-state index in [1.807, 2.05) is 19.9 Å². The number of carbonyl (C=O) groups is 1. The van der Waals surface area contributed by atoms with Crippen LogP contribution in [0.3, 0.4) is 0 Å². The van der Waals surface area contributed by atoms with Gasteiger partial charge < -0.3 is 4.74 Å². The Labute approximate surface area is 105 Å². The van der Waals surface area contributed by atoms with E-state index in [9.17, 15) is 4.79 Å². The van der Waals surface area contributed by atoms with Gasteiger partial charge in [0.2, 0.25) is 0 Å². The van der Waals surface area contributed by atoms with Crippen LogP contribution in [-0.4, -0.2) is 21.1 Å². The molecule has 1 aromatic heterocycles. The summed E-state index contributed by atoms with van der Waals surface area (Å²) in [6.45, 7) is 4.97. The zero-order valence-corrected chi connectivity index (χ0v) is 10.5. The molecule has 2 aromatic rings. The van der Waals surface area contributed by atoms with Crippen molar-refractivity contribution in [3.8, 4) is 5.75 Å². The Morgan fingerprint density at radius 1 is 1.44 bits per heavy atom. The average Bonchev–Trinajstić information content (AvgIpc) is 2.84. The summed E-state index contributed by atoms with van der Waals surface area (Å²) in [5.41, 5.74) is 1.58. The number of aromatic nitrogens is 3. The second kappa shape index (κ2) is 5.44. The molecule has 0 aliphatic heterocycles. The Hall–Kier alpha value is -2.17. The van der Waals surface area contributed by atoms with Gasteiger partial charge in [0.25, 0.3) is 0 Å². The van der Waals surface area contributed by atoms with Gasteiger partial charge in [0, 0.05) is 6.54 Å². The van der Waals surface area contributed by atoms with Crippen molar-refractivity contribution in [1.82, 2.24) is 14.8 Å². The highest BCUT2D eigenvalue weighted by Crippen LogP contribution is 2.19. The van der Waals surface area contributed by atoms with Gasteiger partial charge >= 0.3 is 0 Å². The smallest absolute Gasteiger partial charge is 0.164 e. The van der Waals surface area contributed by atoms with Crippen LogP contribution in [0.4, 0.5) is 0 Å². The fourth-order valence-corrected chi connectivity index (χ4v) is 1.70. The predicted octanol–water partition coefficient (Wildman–Crippen LogP) is 2.00. The first-order valence-electron chi connectivity index (χ1n) is 5.80. The Morgan fingerprint density at radius 2 is 2.28 bits per heavy atom. The van der Waals surface area contributed by atoms with Crippen molar-refractivity contribution in [3.05, 3.63) is 41.5 Å². The standard InChI is InChI=1S/C13H15N3O2/c1-3-16-13(14-9-15-16)8-18-12-5-4-10(2)6-11(12)7-17/h4-7,9H,3,8H2,1-2H3. The zero-order valence-electron chi connectivity index (χ0n) is 10.5. The van der Waals surface area contributed by atoms with Crippen LogP contribution in [0.25, 0.3) is 0 Å². The molecular formula is C13H15N3O2. The molecular weight excluding hydrogens is 230 g/mol. The molecule has 0 fully saturated rings. The van der Waals surface area contributed by atoms with Gasteiger partial charge in [-0.2, -0.15) is 5.10 Å². The van der Waals surface area contributed by atoms with Crippen LogP contribution in [0.2, 0.25) is 0 Å². The zero-order chi connectivity index (χ0) is 13.0. The van der Waals surface area contributed by atoms with E-state index in [1.54, 1.807) is 16.8 Å². The number of rotatable bonds is 5. The molecule has 0 amide bonds. The first kappa shape index (κ1) is 12.3. The topological polar surface area (TPSA) is 57.0 Å². The third-order valence-corrected chi connectivity index (χ3v) is 2.64. The second-order valence-electron chi connectivity index (χ2n) is 3.94. The summed E-state index contributed by atoms with van der Waals surface area (Å²) >= 11 is 0. The van der Waals surface area contributed by atoms with Gasteiger partial charge in [-0.25, -0.2) is 9.67 Å². The molecule has 0 saturated heterocycles. The summed E-state index contributed by atoms with van der Waals surface area (Å²) < 4.78 is 7.37. The third-order valence-electron chi connectivity index (χ3n) is 2.64. The molecule has 0 bridgehead atoms. The van der Waals surface area contributed by atoms with E-state index in [4.69, 9.17) is 4.74 Å². The highest BCUT2D eigenvalue weighted by Gasteiger charge is 2.07. The normalized spacial score (nSPS) is 10.3. The van der Waals surface area contributed by atoms with Crippen LogP contribution in [-0.2, 0) is 13.2 Å². The van der Waals surface area contributed by atoms with Crippen molar-refractivity contribution < 1.29 is 9.53 Å². The molecule has 2 rings (SSSR count). The molecule has 0 spiro atoms. The maximum absolute atomic E-state index is 11.0. The number of nitrogens with zero attached hydrogens (tertiary/aromatic N) is 3. The lowest BCUT2D eigenvalue weighted by atomic mass is 10.1. The van der Waals surface area contributed by atoms with Gasteiger partial charge in [-0.15, -0.1) is 0 Å². The lowest BCUT2D eigenvalue weighted by Gasteiger charge is -2.09. The van der Waals surface area contributed by atoms with Gasteiger partial charge in [-0.1, -0.05) is 11.6 Å². The van der Waals surface area contributed by atoms with Crippen molar-refractivity contribution in [2.24, 2.45) is 0 Å². The van der Waals surface area contributed by atoms with E-state index < -0.39 is 0 Å². The van der Waals surface area contributed by atoms with Crippen LogP contribution in [0.15, 0.2) is 24.5 Å². The Kier molecular flexibility index (Phi) is 3.72. The van der Waals surface area contributed by atoms with E-state index in [-0.39, 0.29) is 0 Å². The summed E-state index contributed by atoms with van der Waals surface area (Å²) in [5, 5.41) is 4.06. The molecule has 5 heteroatoms. The molecule has 0 unspecified atom stereocenters.